The molecule has 2 aliphatic rings. The highest BCUT2D eigenvalue weighted by atomic mass is 16.3. The first-order valence-electron chi connectivity index (χ1n) is 15.4. The maximum atomic E-state index is 13.4. The van der Waals surface area contributed by atoms with Crippen LogP contribution >= 0.6 is 0 Å². The van der Waals surface area contributed by atoms with Gasteiger partial charge in [0.2, 0.25) is 0 Å². The molecule has 0 fully saturated rings. The standard InChI is InChI=1S/C40H35BN2O2/c1-27(32-23-33-25-42-26-36(41)40(33)43-37(24-32)35-16-7-8-17-38(35)44)20-30-13-9-12-29(21-30)18-19-39(45)34-15-6-5-14-31(34)22-28-10-3-2-4-11-28/h2-17,21,24,26,33,44H,1,18-20,22-23,25H2. The Morgan fingerprint density at radius 1 is 0.889 bits per heavy atom. The molecule has 0 spiro atoms. The molecule has 220 valence electrons. The predicted molar refractivity (Wildman–Crippen MR) is 185 cm³/mol. The lowest BCUT2D eigenvalue weighted by molar-refractivity contribution is 0.0982. The van der Waals surface area contributed by atoms with E-state index in [9.17, 15) is 9.90 Å². The molecule has 4 aromatic carbocycles. The van der Waals surface area contributed by atoms with E-state index in [1.807, 2.05) is 54.6 Å². The third-order valence-corrected chi connectivity index (χ3v) is 8.50. The number of aromatic hydroxyl groups is 1. The molecule has 0 bridgehead atoms. The highest BCUT2D eigenvalue weighted by molar-refractivity contribution is 6.33. The van der Waals surface area contributed by atoms with Gasteiger partial charge in [0, 0.05) is 41.9 Å². The minimum absolute atomic E-state index is 0.0449. The first kappa shape index (κ1) is 30.0. The molecule has 0 aromatic heterocycles. The van der Waals surface area contributed by atoms with Crippen LogP contribution in [0, 0.1) is 5.92 Å². The maximum absolute atomic E-state index is 13.4. The smallest absolute Gasteiger partial charge is 0.163 e. The van der Waals surface area contributed by atoms with Gasteiger partial charge in [-0.1, -0.05) is 103 Å². The number of benzene rings is 4. The van der Waals surface area contributed by atoms with Crippen molar-refractivity contribution in [3.05, 3.63) is 171 Å². The van der Waals surface area contributed by atoms with E-state index in [1.165, 1.54) is 5.56 Å². The third kappa shape index (κ3) is 7.21. The quantitative estimate of drug-likeness (QED) is 0.152. The number of phenolic OH excluding ortho intramolecular Hbond substituents is 1. The van der Waals surface area contributed by atoms with Crippen molar-refractivity contribution in [2.75, 3.05) is 6.54 Å². The summed E-state index contributed by atoms with van der Waals surface area (Å²) in [6.45, 7) is 5.09. The number of ketones is 1. The molecular formula is C40H35BN2O2. The van der Waals surface area contributed by atoms with Crippen LogP contribution < -0.4 is 0 Å². The minimum Gasteiger partial charge on any atom is -0.507 e. The maximum Gasteiger partial charge on any atom is 0.163 e. The summed E-state index contributed by atoms with van der Waals surface area (Å²) in [7, 11) is 6.32. The van der Waals surface area contributed by atoms with Crippen LogP contribution in [0.5, 0.6) is 5.75 Å². The highest BCUT2D eigenvalue weighted by Gasteiger charge is 2.25. The van der Waals surface area contributed by atoms with Gasteiger partial charge in [-0.15, -0.1) is 0 Å². The van der Waals surface area contributed by atoms with Gasteiger partial charge in [0.25, 0.3) is 0 Å². The van der Waals surface area contributed by atoms with Crippen LogP contribution in [-0.4, -0.2) is 37.2 Å². The number of allylic oxidation sites excluding steroid dienone is 4. The van der Waals surface area contributed by atoms with Crippen molar-refractivity contribution in [2.24, 2.45) is 15.9 Å². The second-order valence-corrected chi connectivity index (χ2v) is 11.8. The van der Waals surface area contributed by atoms with E-state index in [0.717, 1.165) is 45.5 Å². The number of rotatable bonds is 10. The van der Waals surface area contributed by atoms with Crippen LogP contribution in [0.2, 0.25) is 0 Å². The molecule has 6 rings (SSSR count). The number of aliphatic imine (C=N–C) groups is 2. The van der Waals surface area contributed by atoms with Gasteiger partial charge in [0.15, 0.2) is 5.78 Å². The molecule has 1 N–H and O–H groups in total. The summed E-state index contributed by atoms with van der Waals surface area (Å²) in [5.74, 6) is 0.377. The Morgan fingerprint density at radius 3 is 2.47 bits per heavy atom. The van der Waals surface area contributed by atoms with Crippen LogP contribution in [0.25, 0.3) is 0 Å². The van der Waals surface area contributed by atoms with Crippen LogP contribution in [0.4, 0.5) is 0 Å². The molecular weight excluding hydrogens is 551 g/mol. The molecule has 5 heteroatoms. The zero-order chi connectivity index (χ0) is 31.2. The number of nitrogens with zero attached hydrogens (tertiary/aromatic N) is 2. The Bertz CT molecular complexity index is 1870. The second kappa shape index (κ2) is 13.7. The normalized spacial score (nSPS) is 16.0. The number of hydrogen-bond donors (Lipinski definition) is 1. The fourth-order valence-electron chi connectivity index (χ4n) is 6.12. The summed E-state index contributed by atoms with van der Waals surface area (Å²) >= 11 is 0. The predicted octanol–water partition coefficient (Wildman–Crippen LogP) is 7.80. The average Bonchev–Trinajstić information content (AvgIpc) is 3.26. The Kier molecular flexibility index (Phi) is 9.16. The van der Waals surface area contributed by atoms with Crippen LogP contribution in [0.15, 0.2) is 148 Å². The van der Waals surface area contributed by atoms with Crippen molar-refractivity contribution < 1.29 is 9.90 Å². The summed E-state index contributed by atoms with van der Waals surface area (Å²) in [6.07, 6.45) is 6.93. The average molecular weight is 587 g/mol. The van der Waals surface area contributed by atoms with Gasteiger partial charge in [-0.2, -0.15) is 0 Å². The van der Waals surface area contributed by atoms with E-state index in [2.05, 4.69) is 54.0 Å². The van der Waals surface area contributed by atoms with Gasteiger partial charge >= 0.3 is 0 Å². The fourth-order valence-corrected chi connectivity index (χ4v) is 6.12. The summed E-state index contributed by atoms with van der Waals surface area (Å²) < 4.78 is 0. The molecule has 1 atom stereocenters. The summed E-state index contributed by atoms with van der Waals surface area (Å²) in [5, 5.41) is 10.6. The fraction of sp³-hybridized carbons (Fsp3) is 0.175. The van der Waals surface area contributed by atoms with Crippen molar-refractivity contribution in [2.45, 2.75) is 32.1 Å². The van der Waals surface area contributed by atoms with Gasteiger partial charge in [-0.25, -0.2) is 0 Å². The SMILES string of the molecule is [B]C1=C2N=C(c3ccccc3O)C=C(C(=C)Cc3cccc(CCC(=O)c4ccccc4Cc4ccccc4)c3)CC2CN=C1. The molecule has 0 aliphatic carbocycles. The molecule has 1 unspecified atom stereocenters. The number of fused-ring (bicyclic) bond motifs is 1. The van der Waals surface area contributed by atoms with E-state index in [-0.39, 0.29) is 17.5 Å². The molecule has 0 saturated heterocycles. The zero-order valence-corrected chi connectivity index (χ0v) is 25.3. The Hall–Kier alpha value is -5.03. The minimum atomic E-state index is 0.0449. The number of para-hydroxylation sites is 1. The monoisotopic (exact) mass is 586 g/mol. The summed E-state index contributed by atoms with van der Waals surface area (Å²) in [6, 6.07) is 33.8. The van der Waals surface area contributed by atoms with Gasteiger partial charge < -0.3 is 5.11 Å². The molecule has 2 radical (unpaired) electrons. The summed E-state index contributed by atoms with van der Waals surface area (Å²) in [4.78, 5) is 22.8. The topological polar surface area (TPSA) is 62.0 Å². The lowest BCUT2D eigenvalue weighted by Crippen LogP contribution is -2.15. The van der Waals surface area contributed by atoms with Crippen LogP contribution in [0.3, 0.4) is 0 Å². The highest BCUT2D eigenvalue weighted by Crippen LogP contribution is 2.34. The van der Waals surface area contributed by atoms with E-state index in [1.54, 1.807) is 18.3 Å². The van der Waals surface area contributed by atoms with Crippen molar-refractivity contribution in [3.8, 4) is 5.75 Å². The molecule has 45 heavy (non-hydrogen) atoms. The van der Waals surface area contributed by atoms with E-state index < -0.39 is 0 Å². The second-order valence-electron chi connectivity index (χ2n) is 11.8. The largest absolute Gasteiger partial charge is 0.507 e. The lowest BCUT2D eigenvalue weighted by atomic mass is 9.83. The molecule has 4 aromatic rings. The number of aryl methyl sites for hydroxylation is 1. The number of dihydropyridines is 1. The Labute approximate surface area is 266 Å². The number of carbonyl (C=O) groups excluding carboxylic acids is 1. The Morgan fingerprint density at radius 2 is 1.62 bits per heavy atom. The lowest BCUT2D eigenvalue weighted by Gasteiger charge is -2.21. The number of phenols is 1. The number of Topliss-reactive ketones (excluding diaryl/α,β-unsaturated/α-hetero) is 1. The zero-order valence-electron chi connectivity index (χ0n) is 25.3. The van der Waals surface area contributed by atoms with Crippen molar-refractivity contribution in [1.82, 2.24) is 0 Å². The number of carbonyl (C=O) groups is 1. The molecule has 2 aliphatic heterocycles. The first-order chi connectivity index (χ1) is 21.9. The van der Waals surface area contributed by atoms with E-state index in [4.69, 9.17) is 12.8 Å². The Balaban J connectivity index is 1.17. The van der Waals surface area contributed by atoms with Gasteiger partial charge in [0.05, 0.1) is 5.71 Å². The van der Waals surface area contributed by atoms with Gasteiger partial charge in [-0.3, -0.25) is 14.8 Å². The van der Waals surface area contributed by atoms with Crippen molar-refractivity contribution in [1.29, 1.82) is 0 Å². The molecule has 4 nitrogen and oxygen atoms in total. The molecule has 0 saturated carbocycles. The third-order valence-electron chi connectivity index (χ3n) is 8.50. The molecule has 2 heterocycles. The van der Waals surface area contributed by atoms with Gasteiger partial charge in [-0.05, 0) is 77.3 Å². The first-order valence-corrected chi connectivity index (χ1v) is 15.4. The number of hydrogen-bond acceptors (Lipinski definition) is 4. The summed E-state index contributed by atoms with van der Waals surface area (Å²) in [5.41, 5.74) is 10.1. The van der Waals surface area contributed by atoms with Crippen molar-refractivity contribution in [3.63, 3.8) is 0 Å². The van der Waals surface area contributed by atoms with Gasteiger partial charge in [0.1, 0.15) is 13.6 Å². The van der Waals surface area contributed by atoms with E-state index in [0.29, 0.717) is 49.0 Å². The van der Waals surface area contributed by atoms with Crippen LogP contribution in [-0.2, 0) is 19.3 Å². The van der Waals surface area contributed by atoms with Crippen molar-refractivity contribution >= 4 is 25.6 Å². The van der Waals surface area contributed by atoms with Crippen LogP contribution in [0.1, 0.15) is 51.0 Å². The van der Waals surface area contributed by atoms with E-state index >= 15 is 0 Å². The molecule has 0 amide bonds.